The molecule has 0 bridgehead atoms. The van der Waals surface area contributed by atoms with Gasteiger partial charge in [-0.3, -0.25) is 9.59 Å². The van der Waals surface area contributed by atoms with Crippen LogP contribution >= 0.6 is 11.6 Å². The Balaban J connectivity index is 1.50. The number of amides is 2. The van der Waals surface area contributed by atoms with Gasteiger partial charge >= 0.3 is 0 Å². The topological polar surface area (TPSA) is 105 Å². The average Bonchev–Trinajstić information content (AvgIpc) is 2.88. The zero-order chi connectivity index (χ0) is 26.4. The molecule has 2 unspecified atom stereocenters. The molecule has 4 rings (SSSR count). The zero-order valence-corrected chi connectivity index (χ0v) is 21.8. The van der Waals surface area contributed by atoms with Crippen LogP contribution in [0.2, 0.25) is 5.02 Å². The average molecular weight is 542 g/mol. The van der Waals surface area contributed by atoms with Gasteiger partial charge in [0.05, 0.1) is 24.5 Å². The van der Waals surface area contributed by atoms with Crippen molar-refractivity contribution in [3.63, 3.8) is 0 Å². The van der Waals surface area contributed by atoms with Crippen molar-refractivity contribution >= 4 is 39.1 Å². The number of hydrogen-bond acceptors (Lipinski definition) is 5. The molecule has 37 heavy (non-hydrogen) atoms. The molecule has 0 radical (unpaired) electrons. The Kier molecular flexibility index (Phi) is 8.48. The second-order valence-corrected chi connectivity index (χ2v) is 11.0. The van der Waals surface area contributed by atoms with Crippen molar-refractivity contribution < 1.29 is 22.7 Å². The van der Waals surface area contributed by atoms with Crippen LogP contribution in [0.3, 0.4) is 0 Å². The van der Waals surface area contributed by atoms with E-state index in [0.717, 1.165) is 11.8 Å². The summed E-state index contributed by atoms with van der Waals surface area (Å²) in [6, 6.07) is 22.6. The molecular formula is C27H28ClN3O5S. The first-order valence-corrected chi connectivity index (χ1v) is 14.1. The first-order valence-electron chi connectivity index (χ1n) is 11.8. The minimum Gasteiger partial charge on any atom is -0.477 e. The molecule has 8 nitrogen and oxygen atoms in total. The number of anilines is 1. The molecule has 0 spiro atoms. The van der Waals surface area contributed by atoms with Crippen LogP contribution in [0.15, 0.2) is 78.9 Å². The van der Waals surface area contributed by atoms with E-state index in [0.29, 0.717) is 35.0 Å². The van der Waals surface area contributed by atoms with Crippen molar-refractivity contribution in [3.8, 4) is 5.75 Å². The van der Waals surface area contributed by atoms with E-state index in [1.54, 1.807) is 48.5 Å². The van der Waals surface area contributed by atoms with E-state index in [1.807, 2.05) is 30.3 Å². The van der Waals surface area contributed by atoms with Gasteiger partial charge in [-0.1, -0.05) is 66.2 Å². The molecule has 1 heterocycles. The summed E-state index contributed by atoms with van der Waals surface area (Å²) in [5.74, 6) is -0.273. The molecule has 2 amide bonds. The summed E-state index contributed by atoms with van der Waals surface area (Å²) in [7, 11) is -3.62. The molecule has 0 aromatic heterocycles. The minimum atomic E-state index is -3.62. The van der Waals surface area contributed by atoms with Gasteiger partial charge in [0.25, 0.3) is 5.91 Å². The highest BCUT2D eigenvalue weighted by Gasteiger charge is 2.35. The molecule has 2 atom stereocenters. The Morgan fingerprint density at radius 1 is 1.03 bits per heavy atom. The summed E-state index contributed by atoms with van der Waals surface area (Å²) in [6.45, 7) is 0.425. The Bertz CT molecular complexity index is 1350. The maximum Gasteiger partial charge on any atom is 0.262 e. The van der Waals surface area contributed by atoms with Gasteiger partial charge in [-0.15, -0.1) is 0 Å². The predicted molar refractivity (Wildman–Crippen MR) is 143 cm³/mol. The molecule has 0 aliphatic carbocycles. The maximum atomic E-state index is 13.5. The first-order chi connectivity index (χ1) is 17.7. The summed E-state index contributed by atoms with van der Waals surface area (Å²) in [5, 5.41) is 3.38. The lowest BCUT2D eigenvalue weighted by atomic mass is 10.0. The van der Waals surface area contributed by atoms with E-state index in [9.17, 15) is 18.0 Å². The lowest BCUT2D eigenvalue weighted by Crippen LogP contribution is -2.51. The molecule has 194 valence electrons. The number of nitrogens with one attached hydrogen (secondary N) is 2. The van der Waals surface area contributed by atoms with Crippen LogP contribution in [-0.4, -0.2) is 45.7 Å². The molecule has 1 aliphatic rings. The van der Waals surface area contributed by atoms with Gasteiger partial charge < -0.3 is 15.0 Å². The number of rotatable bonds is 9. The fourth-order valence-corrected chi connectivity index (χ4v) is 5.02. The maximum absolute atomic E-state index is 13.5. The Labute approximate surface area is 221 Å². The number of ether oxygens (including phenoxy) is 1. The standard InChI is InChI=1S/C27H28ClN3O5S/c1-37(34,35)30-22(20-11-13-21(28)14-12-20)17-26(32)31-18-25(36-24-10-6-5-9-23(24)31)27(33)29-16-15-19-7-3-2-4-8-19/h2-14,22,25,30H,15-18H2,1H3,(H,29,33). The number of sulfonamides is 1. The van der Waals surface area contributed by atoms with Crippen molar-refractivity contribution in [3.05, 3.63) is 95.0 Å². The van der Waals surface area contributed by atoms with Crippen molar-refractivity contribution in [2.24, 2.45) is 0 Å². The van der Waals surface area contributed by atoms with E-state index in [1.165, 1.54) is 4.90 Å². The van der Waals surface area contributed by atoms with Crippen LogP contribution in [-0.2, 0) is 26.0 Å². The van der Waals surface area contributed by atoms with Gasteiger partial charge in [0.1, 0.15) is 5.75 Å². The van der Waals surface area contributed by atoms with Gasteiger partial charge in [-0.25, -0.2) is 13.1 Å². The number of benzene rings is 3. The number of halogens is 1. The highest BCUT2D eigenvalue weighted by atomic mass is 35.5. The van der Waals surface area contributed by atoms with Crippen molar-refractivity contribution in [2.75, 3.05) is 24.2 Å². The van der Waals surface area contributed by atoms with E-state index in [-0.39, 0.29) is 24.8 Å². The molecule has 0 saturated carbocycles. The molecular weight excluding hydrogens is 514 g/mol. The fourth-order valence-electron chi connectivity index (χ4n) is 4.16. The van der Waals surface area contributed by atoms with Gasteiger partial charge in [0, 0.05) is 18.0 Å². The molecule has 2 N–H and O–H groups in total. The molecule has 10 heteroatoms. The summed E-state index contributed by atoms with van der Waals surface area (Å²) >= 11 is 5.98. The Hall–Kier alpha value is -3.40. The second kappa shape index (κ2) is 11.8. The van der Waals surface area contributed by atoms with E-state index < -0.39 is 22.2 Å². The lowest BCUT2D eigenvalue weighted by molar-refractivity contribution is -0.128. The summed E-state index contributed by atoms with van der Waals surface area (Å²) in [6.07, 6.45) is 0.635. The van der Waals surface area contributed by atoms with E-state index in [4.69, 9.17) is 16.3 Å². The number of para-hydroxylation sites is 2. The number of fused-ring (bicyclic) bond motifs is 1. The van der Waals surface area contributed by atoms with Crippen LogP contribution < -0.4 is 19.7 Å². The van der Waals surface area contributed by atoms with Gasteiger partial charge in [0.2, 0.25) is 15.9 Å². The number of nitrogens with zero attached hydrogens (tertiary/aromatic N) is 1. The highest BCUT2D eigenvalue weighted by Crippen LogP contribution is 2.34. The third kappa shape index (κ3) is 7.31. The van der Waals surface area contributed by atoms with Crippen LogP contribution in [0.25, 0.3) is 0 Å². The first kappa shape index (κ1) is 26.7. The van der Waals surface area contributed by atoms with Crippen molar-refractivity contribution in [1.82, 2.24) is 10.0 Å². The predicted octanol–water partition coefficient (Wildman–Crippen LogP) is 3.47. The molecule has 0 saturated heterocycles. The highest BCUT2D eigenvalue weighted by molar-refractivity contribution is 7.88. The molecule has 3 aromatic rings. The Morgan fingerprint density at radius 3 is 2.41 bits per heavy atom. The molecule has 3 aromatic carbocycles. The third-order valence-electron chi connectivity index (χ3n) is 5.93. The van der Waals surface area contributed by atoms with Gasteiger partial charge in [-0.2, -0.15) is 0 Å². The lowest BCUT2D eigenvalue weighted by Gasteiger charge is -2.35. The third-order valence-corrected chi connectivity index (χ3v) is 6.89. The molecule has 1 aliphatic heterocycles. The number of carbonyl (C=O) groups is 2. The monoisotopic (exact) mass is 541 g/mol. The van der Waals surface area contributed by atoms with Crippen LogP contribution in [0, 0.1) is 0 Å². The van der Waals surface area contributed by atoms with Crippen LogP contribution in [0.1, 0.15) is 23.6 Å². The Morgan fingerprint density at radius 2 is 1.70 bits per heavy atom. The summed E-state index contributed by atoms with van der Waals surface area (Å²) < 4.78 is 32.6. The fraction of sp³-hybridized carbons (Fsp3) is 0.259. The zero-order valence-electron chi connectivity index (χ0n) is 20.3. The largest absolute Gasteiger partial charge is 0.477 e. The van der Waals surface area contributed by atoms with E-state index >= 15 is 0 Å². The smallest absolute Gasteiger partial charge is 0.262 e. The minimum absolute atomic E-state index is 0.000764. The second-order valence-electron chi connectivity index (χ2n) is 8.80. The molecule has 0 fully saturated rings. The SMILES string of the molecule is CS(=O)(=O)NC(CC(=O)N1CC(C(=O)NCCc2ccccc2)Oc2ccccc21)c1ccc(Cl)cc1. The quantitative estimate of drug-likeness (QED) is 0.431. The summed E-state index contributed by atoms with van der Waals surface area (Å²) in [4.78, 5) is 28.0. The van der Waals surface area contributed by atoms with E-state index in [2.05, 4.69) is 10.0 Å². The van der Waals surface area contributed by atoms with Crippen molar-refractivity contribution in [2.45, 2.75) is 25.0 Å². The number of hydrogen-bond donors (Lipinski definition) is 2. The van der Waals surface area contributed by atoms with Crippen molar-refractivity contribution in [1.29, 1.82) is 0 Å². The van der Waals surface area contributed by atoms with Crippen LogP contribution in [0.4, 0.5) is 5.69 Å². The number of carbonyl (C=O) groups excluding carboxylic acids is 2. The van der Waals surface area contributed by atoms with Crippen LogP contribution in [0.5, 0.6) is 5.75 Å². The van der Waals surface area contributed by atoms with Gasteiger partial charge in [0.15, 0.2) is 6.10 Å². The van der Waals surface area contributed by atoms with Gasteiger partial charge in [-0.05, 0) is 41.8 Å². The summed E-state index contributed by atoms with van der Waals surface area (Å²) in [5.41, 5.74) is 2.22. The normalized spacial score (nSPS) is 15.8.